The van der Waals surface area contributed by atoms with E-state index in [1.807, 2.05) is 26.0 Å². The van der Waals surface area contributed by atoms with Gasteiger partial charge in [0.25, 0.3) is 5.56 Å². The first-order valence-electron chi connectivity index (χ1n) is 16.2. The number of carboxylic acid groups (broad SMARTS) is 1. The third kappa shape index (κ3) is 15.2. The molecule has 0 bridgehead atoms. The van der Waals surface area contributed by atoms with Crippen LogP contribution in [0.3, 0.4) is 0 Å². The van der Waals surface area contributed by atoms with Crippen LogP contribution in [0.25, 0.3) is 5.69 Å². The van der Waals surface area contributed by atoms with Crippen molar-refractivity contribution in [1.29, 1.82) is 0 Å². The summed E-state index contributed by atoms with van der Waals surface area (Å²) in [4.78, 5) is 76.5. The van der Waals surface area contributed by atoms with Crippen molar-refractivity contribution >= 4 is 54.3 Å². The average molecular weight is 844 g/mol. The Balaban J connectivity index is 0.000000456. The number of aromatic nitrogens is 2. The average Bonchev–Trinajstić information content (AvgIpc) is 3.07. The van der Waals surface area contributed by atoms with E-state index in [0.717, 1.165) is 36.3 Å². The second kappa shape index (κ2) is 21.9. The molecule has 21 heteroatoms. The van der Waals surface area contributed by atoms with Gasteiger partial charge in [-0.15, -0.1) is 11.6 Å². The van der Waals surface area contributed by atoms with Gasteiger partial charge in [0.05, 0.1) is 53.5 Å². The van der Waals surface area contributed by atoms with Crippen molar-refractivity contribution in [1.82, 2.24) is 14.5 Å². The van der Waals surface area contributed by atoms with Crippen LogP contribution < -0.4 is 21.5 Å². The van der Waals surface area contributed by atoms with Gasteiger partial charge in [0.1, 0.15) is 11.6 Å². The van der Waals surface area contributed by atoms with Gasteiger partial charge in [-0.1, -0.05) is 36.7 Å². The highest BCUT2D eigenvalue weighted by Gasteiger charge is 2.35. The number of carbonyl (C=O) groups is 3. The van der Waals surface area contributed by atoms with Gasteiger partial charge in [-0.05, 0) is 63.4 Å². The van der Waals surface area contributed by atoms with Gasteiger partial charge in [-0.25, -0.2) is 14.2 Å². The lowest BCUT2D eigenvalue weighted by atomic mass is 10.0. The molecule has 1 amide bonds. The van der Waals surface area contributed by atoms with Gasteiger partial charge in [0.15, 0.2) is 0 Å². The highest BCUT2D eigenvalue weighted by atomic mass is 35.5. The molecule has 0 fully saturated rings. The van der Waals surface area contributed by atoms with E-state index in [4.69, 9.17) is 47.6 Å². The second-order valence-corrected chi connectivity index (χ2v) is 14.3. The summed E-state index contributed by atoms with van der Waals surface area (Å²) in [5.74, 6) is -2.04. The number of carbonyl (C=O) groups excluding carboxylic acids is 2. The van der Waals surface area contributed by atoms with Crippen molar-refractivity contribution in [2.45, 2.75) is 59.4 Å². The number of ether oxygens (including phenoxy) is 2. The second-order valence-electron chi connectivity index (χ2n) is 11.9. The van der Waals surface area contributed by atoms with Gasteiger partial charge >= 0.3 is 31.4 Å². The van der Waals surface area contributed by atoms with E-state index in [-0.39, 0.29) is 34.1 Å². The normalized spacial score (nSPS) is 11.8. The van der Waals surface area contributed by atoms with E-state index in [1.54, 1.807) is 25.9 Å². The van der Waals surface area contributed by atoms with Crippen LogP contribution in [-0.4, -0.2) is 86.4 Å². The predicted molar refractivity (Wildman–Crippen MR) is 200 cm³/mol. The molecule has 0 aliphatic carbocycles. The van der Waals surface area contributed by atoms with Crippen LogP contribution in [0.4, 0.5) is 18.9 Å². The quantitative estimate of drug-likeness (QED) is 0.105. The molecule has 0 saturated carbocycles. The fraction of sp³-hybridized carbons (Fsp3) is 0.441. The van der Waals surface area contributed by atoms with Gasteiger partial charge in [0.2, 0.25) is 5.91 Å². The van der Waals surface area contributed by atoms with E-state index < -0.39 is 61.6 Å². The summed E-state index contributed by atoms with van der Waals surface area (Å²) in [7, 11) is -1.57. The molecule has 0 radical (unpaired) electrons. The van der Waals surface area contributed by atoms with E-state index in [2.05, 4.69) is 18.3 Å². The Bertz CT molecular complexity index is 1970. The number of nitrogens with one attached hydrogen (secondary N) is 1. The van der Waals surface area contributed by atoms with Crippen LogP contribution in [0.1, 0.15) is 54.9 Å². The number of nitrogens with zero attached hydrogens (tertiary/aromatic N) is 3. The molecule has 4 N–H and O–H groups in total. The summed E-state index contributed by atoms with van der Waals surface area (Å²) in [5, 5.41) is 10.1. The number of rotatable bonds is 13. The number of alkyl halides is 4. The minimum Gasteiger partial charge on any atom is -0.480 e. The zero-order valence-electron chi connectivity index (χ0n) is 31.0. The summed E-state index contributed by atoms with van der Waals surface area (Å²) >= 11 is 11.7. The molecule has 3 aromatic rings. The number of benzene rings is 2. The SMILES string of the molecule is CC(C)OC(=O)c1cc(-n2c(=O)cc(C(F)(F)F)n(C)c2=O)ccc1Cl.CCc1cccc(C)c1N(C(=O)CCl)C(C)COC.O=C(O)CNCP(=O)(O)O. The Morgan fingerprint density at radius 2 is 1.69 bits per heavy atom. The summed E-state index contributed by atoms with van der Waals surface area (Å²) < 4.78 is 59.8. The van der Waals surface area contributed by atoms with Crippen LogP contribution in [0, 0.1) is 6.92 Å². The maximum atomic E-state index is 12.9. The van der Waals surface area contributed by atoms with E-state index >= 15 is 0 Å². The smallest absolute Gasteiger partial charge is 0.431 e. The lowest BCUT2D eigenvalue weighted by Gasteiger charge is -2.31. The van der Waals surface area contributed by atoms with Crippen molar-refractivity contribution in [2.24, 2.45) is 7.05 Å². The largest absolute Gasteiger partial charge is 0.480 e. The van der Waals surface area contributed by atoms with Gasteiger partial charge in [-0.3, -0.25) is 28.8 Å². The number of halogens is 5. The monoisotopic (exact) mass is 842 g/mol. The molecule has 1 atom stereocenters. The topological polar surface area (TPSA) is 207 Å². The molecule has 3 rings (SSSR count). The lowest BCUT2D eigenvalue weighted by molar-refractivity contribution is -0.144. The first kappa shape index (κ1) is 49.0. The van der Waals surface area contributed by atoms with Crippen molar-refractivity contribution in [3.8, 4) is 5.69 Å². The maximum Gasteiger partial charge on any atom is 0.431 e. The third-order valence-electron chi connectivity index (χ3n) is 7.15. The van der Waals surface area contributed by atoms with Gasteiger partial charge in [0, 0.05) is 20.2 Å². The molecule has 15 nitrogen and oxygen atoms in total. The van der Waals surface area contributed by atoms with Crippen molar-refractivity contribution in [3.63, 3.8) is 0 Å². The van der Waals surface area contributed by atoms with Crippen LogP contribution in [0.15, 0.2) is 52.1 Å². The highest BCUT2D eigenvalue weighted by molar-refractivity contribution is 7.51. The zero-order valence-corrected chi connectivity index (χ0v) is 33.4. The number of para-hydroxylation sites is 1. The van der Waals surface area contributed by atoms with Crippen molar-refractivity contribution in [2.75, 3.05) is 37.3 Å². The third-order valence-corrected chi connectivity index (χ3v) is 8.34. The molecule has 1 aromatic heterocycles. The van der Waals surface area contributed by atoms with Gasteiger partial charge in [-0.2, -0.15) is 13.2 Å². The molecular formula is C34H44Cl2F3N4O11P. The molecule has 0 aliphatic heterocycles. The number of methoxy groups -OCH3 is 1. The number of anilines is 1. The Hall–Kier alpha value is -4.03. The highest BCUT2D eigenvalue weighted by Crippen LogP contribution is 2.32. The zero-order chi connectivity index (χ0) is 42.4. The fourth-order valence-corrected chi connectivity index (χ4v) is 5.58. The summed E-state index contributed by atoms with van der Waals surface area (Å²) in [6.07, 6.45) is -5.02. The number of aliphatic carboxylic acids is 1. The van der Waals surface area contributed by atoms with Crippen LogP contribution >= 0.6 is 30.8 Å². The first-order chi connectivity index (χ1) is 25.4. The van der Waals surface area contributed by atoms with Crippen LogP contribution in [0.5, 0.6) is 0 Å². The number of esters is 1. The summed E-state index contributed by atoms with van der Waals surface area (Å²) in [6.45, 7) is 9.35. The Morgan fingerprint density at radius 1 is 1.07 bits per heavy atom. The molecule has 2 aromatic carbocycles. The standard InChI is InChI=1S/C16H14ClF3N2O4.C15H22ClNO2.C3H8NO5P/c1-8(2)26-14(24)10-6-9(4-5-11(10)17)22-13(23)7-12(16(18,19)20)21(3)15(22)25;1-5-13-8-6-7-11(2)15(13)17(14(18)9-16)12(3)10-19-4;5-3(6)1-4-2-10(7,8)9/h4-8H,1-3H3;6-8,12H,5,9-10H2,1-4H3;4H,1-2H2,(H,5,6)(H2,7,8,9). The number of hydrogen-bond acceptors (Lipinski definition) is 9. The molecule has 306 valence electrons. The fourth-order valence-electron chi connectivity index (χ4n) is 4.85. The Morgan fingerprint density at radius 3 is 2.18 bits per heavy atom. The van der Waals surface area contributed by atoms with E-state index in [1.165, 1.54) is 12.1 Å². The summed E-state index contributed by atoms with van der Waals surface area (Å²) in [5.41, 5.74) is -0.794. The molecule has 0 aliphatic rings. The Kier molecular flexibility index (Phi) is 19.5. The first-order valence-corrected chi connectivity index (χ1v) is 19.0. The molecular weight excluding hydrogens is 799 g/mol. The van der Waals surface area contributed by atoms with E-state index in [9.17, 15) is 41.7 Å². The van der Waals surface area contributed by atoms with E-state index in [0.29, 0.717) is 21.8 Å². The summed E-state index contributed by atoms with van der Waals surface area (Å²) in [6, 6.07) is 9.95. The molecule has 0 saturated heterocycles. The minimum absolute atomic E-state index is 0.0104. The van der Waals surface area contributed by atoms with Crippen LogP contribution in [-0.2, 0) is 43.3 Å². The lowest BCUT2D eigenvalue weighted by Crippen LogP contribution is -2.43. The number of carboxylic acids is 1. The van der Waals surface area contributed by atoms with Crippen LogP contribution in [0.2, 0.25) is 5.02 Å². The molecule has 55 heavy (non-hydrogen) atoms. The maximum absolute atomic E-state index is 12.9. The number of aryl methyl sites for hydroxylation is 2. The number of amides is 1. The number of hydrogen-bond donors (Lipinski definition) is 4. The molecule has 1 unspecified atom stereocenters. The molecule has 1 heterocycles. The Labute approximate surface area is 324 Å². The predicted octanol–water partition coefficient (Wildman–Crippen LogP) is 4.73. The molecule has 0 spiro atoms. The minimum atomic E-state index is -4.86. The van der Waals surface area contributed by atoms with Gasteiger partial charge < -0.3 is 29.3 Å². The van der Waals surface area contributed by atoms with Crippen molar-refractivity contribution in [3.05, 3.63) is 90.7 Å². The van der Waals surface area contributed by atoms with Crippen molar-refractivity contribution < 1.29 is 56.5 Å².